The fourth-order valence-electron chi connectivity index (χ4n) is 1.73. The van der Waals surface area contributed by atoms with Crippen LogP contribution in [0.4, 0.5) is 0 Å². The van der Waals surface area contributed by atoms with Crippen molar-refractivity contribution in [1.82, 2.24) is 9.78 Å². The molecule has 1 heterocycles. The number of ether oxygens (including phenoxy) is 2. The van der Waals surface area contributed by atoms with Crippen LogP contribution in [0.25, 0.3) is 0 Å². The molecule has 0 aliphatic carbocycles. The lowest BCUT2D eigenvalue weighted by atomic mass is 10.3. The number of nitrogens with two attached hydrogens (primary N) is 1. The molecule has 0 saturated carbocycles. The molecule has 0 unspecified atom stereocenters. The maximum Gasteiger partial charge on any atom is 0.161 e. The average Bonchev–Trinajstić information content (AvgIpc) is 2.89. The van der Waals surface area contributed by atoms with E-state index in [4.69, 9.17) is 15.2 Å². The van der Waals surface area contributed by atoms with Gasteiger partial charge in [0.25, 0.3) is 0 Å². The van der Waals surface area contributed by atoms with Gasteiger partial charge in [-0.1, -0.05) is 12.1 Å². The third-order valence-electron chi connectivity index (χ3n) is 2.65. The van der Waals surface area contributed by atoms with Gasteiger partial charge in [-0.25, -0.2) is 0 Å². The molecule has 1 aromatic carbocycles. The van der Waals surface area contributed by atoms with Crippen molar-refractivity contribution in [3.8, 4) is 11.5 Å². The second-order valence-electron chi connectivity index (χ2n) is 4.04. The first-order valence-corrected chi connectivity index (χ1v) is 6.39. The van der Waals surface area contributed by atoms with Crippen molar-refractivity contribution in [3.63, 3.8) is 0 Å². The van der Waals surface area contributed by atoms with E-state index in [1.165, 1.54) is 0 Å². The van der Waals surface area contributed by atoms with Gasteiger partial charge in [-0.3, -0.25) is 4.68 Å². The first-order valence-electron chi connectivity index (χ1n) is 6.39. The summed E-state index contributed by atoms with van der Waals surface area (Å²) in [5, 5.41) is 4.20. The first-order chi connectivity index (χ1) is 9.33. The summed E-state index contributed by atoms with van der Waals surface area (Å²) in [6.07, 6.45) is 3.70. The second-order valence-corrected chi connectivity index (χ2v) is 4.04. The van der Waals surface area contributed by atoms with E-state index in [0.717, 1.165) is 17.1 Å². The van der Waals surface area contributed by atoms with Gasteiger partial charge in [0.2, 0.25) is 0 Å². The van der Waals surface area contributed by atoms with Crippen LogP contribution in [-0.2, 0) is 13.1 Å². The van der Waals surface area contributed by atoms with Gasteiger partial charge in [0.15, 0.2) is 11.5 Å². The van der Waals surface area contributed by atoms with Crippen LogP contribution >= 0.6 is 0 Å². The quantitative estimate of drug-likeness (QED) is 0.825. The van der Waals surface area contributed by atoms with Crippen molar-refractivity contribution in [2.75, 3.05) is 13.2 Å². The molecule has 0 fully saturated rings. The summed E-state index contributed by atoms with van der Waals surface area (Å²) in [6, 6.07) is 7.66. The summed E-state index contributed by atoms with van der Waals surface area (Å²) in [7, 11) is 0. The van der Waals surface area contributed by atoms with Crippen molar-refractivity contribution in [2.45, 2.75) is 20.0 Å². The smallest absolute Gasteiger partial charge is 0.161 e. The van der Waals surface area contributed by atoms with Gasteiger partial charge >= 0.3 is 0 Å². The Labute approximate surface area is 112 Å². The van der Waals surface area contributed by atoms with Crippen molar-refractivity contribution < 1.29 is 9.47 Å². The van der Waals surface area contributed by atoms with Crippen molar-refractivity contribution in [2.24, 2.45) is 5.73 Å². The molecule has 2 N–H and O–H groups in total. The zero-order valence-electron chi connectivity index (χ0n) is 11.1. The van der Waals surface area contributed by atoms with Gasteiger partial charge in [0.05, 0.1) is 19.3 Å². The van der Waals surface area contributed by atoms with Gasteiger partial charge in [-0.05, 0) is 19.1 Å². The normalized spacial score (nSPS) is 10.4. The van der Waals surface area contributed by atoms with Gasteiger partial charge in [0.1, 0.15) is 6.61 Å². The SMILES string of the molecule is CCOc1ccccc1OCCn1cc(CN)cn1. The Bertz CT molecular complexity index is 511. The van der Waals surface area contributed by atoms with Crippen LogP contribution in [0.5, 0.6) is 11.5 Å². The van der Waals surface area contributed by atoms with Gasteiger partial charge < -0.3 is 15.2 Å². The highest BCUT2D eigenvalue weighted by Gasteiger charge is 2.03. The van der Waals surface area contributed by atoms with E-state index >= 15 is 0 Å². The molecule has 0 spiro atoms. The molecule has 2 rings (SSSR count). The summed E-state index contributed by atoms with van der Waals surface area (Å²) in [6.45, 7) is 4.30. The molecule has 5 nitrogen and oxygen atoms in total. The molecule has 2 aromatic rings. The molecule has 0 aliphatic rings. The molecule has 0 aliphatic heterocycles. The van der Waals surface area contributed by atoms with E-state index in [1.54, 1.807) is 6.20 Å². The third kappa shape index (κ3) is 3.72. The number of para-hydroxylation sites is 2. The largest absolute Gasteiger partial charge is 0.490 e. The molecule has 102 valence electrons. The number of hydrogen-bond donors (Lipinski definition) is 1. The monoisotopic (exact) mass is 261 g/mol. The van der Waals surface area contributed by atoms with Crippen LogP contribution in [0.2, 0.25) is 0 Å². The second kappa shape index (κ2) is 6.80. The molecule has 5 heteroatoms. The predicted octanol–water partition coefficient (Wildman–Crippen LogP) is 1.82. The fraction of sp³-hybridized carbons (Fsp3) is 0.357. The Kier molecular flexibility index (Phi) is 4.80. The summed E-state index contributed by atoms with van der Waals surface area (Å²) in [5.41, 5.74) is 6.56. The minimum absolute atomic E-state index is 0.508. The third-order valence-corrected chi connectivity index (χ3v) is 2.65. The van der Waals surface area contributed by atoms with E-state index in [2.05, 4.69) is 5.10 Å². The van der Waals surface area contributed by atoms with Gasteiger partial charge in [-0.2, -0.15) is 5.10 Å². The van der Waals surface area contributed by atoms with Crippen LogP contribution in [0.1, 0.15) is 12.5 Å². The maximum atomic E-state index is 5.72. The van der Waals surface area contributed by atoms with Crippen LogP contribution in [-0.4, -0.2) is 23.0 Å². The number of hydrogen-bond acceptors (Lipinski definition) is 4. The molecular formula is C14H19N3O2. The summed E-state index contributed by atoms with van der Waals surface area (Å²) >= 11 is 0. The Morgan fingerprint density at radius 1 is 1.21 bits per heavy atom. The Balaban J connectivity index is 1.88. The van der Waals surface area contributed by atoms with Crippen LogP contribution in [0.3, 0.4) is 0 Å². The lowest BCUT2D eigenvalue weighted by Crippen LogP contribution is -2.09. The Morgan fingerprint density at radius 3 is 2.58 bits per heavy atom. The van der Waals surface area contributed by atoms with E-state index in [-0.39, 0.29) is 0 Å². The molecule has 1 aromatic heterocycles. The maximum absolute atomic E-state index is 5.72. The van der Waals surface area contributed by atoms with Crippen molar-refractivity contribution in [3.05, 3.63) is 42.2 Å². The van der Waals surface area contributed by atoms with Crippen molar-refractivity contribution >= 4 is 0 Å². The topological polar surface area (TPSA) is 62.3 Å². The minimum atomic E-state index is 0.508. The van der Waals surface area contributed by atoms with E-state index in [1.807, 2.05) is 42.1 Å². The number of rotatable bonds is 7. The van der Waals surface area contributed by atoms with Gasteiger partial charge in [0, 0.05) is 18.3 Å². The summed E-state index contributed by atoms with van der Waals surface area (Å²) < 4.78 is 13.0. The highest BCUT2D eigenvalue weighted by molar-refractivity contribution is 5.39. The highest BCUT2D eigenvalue weighted by atomic mass is 16.5. The molecule has 0 bridgehead atoms. The average molecular weight is 261 g/mol. The first kappa shape index (κ1) is 13.4. The highest BCUT2D eigenvalue weighted by Crippen LogP contribution is 2.26. The van der Waals surface area contributed by atoms with Crippen molar-refractivity contribution in [1.29, 1.82) is 0 Å². The predicted molar refractivity (Wildman–Crippen MR) is 73.2 cm³/mol. The standard InChI is InChI=1S/C14H19N3O2/c1-2-18-13-5-3-4-6-14(13)19-8-7-17-11-12(9-15)10-16-17/h3-6,10-11H,2,7-9,15H2,1H3. The summed E-state index contributed by atoms with van der Waals surface area (Å²) in [4.78, 5) is 0. The van der Waals surface area contributed by atoms with E-state index < -0.39 is 0 Å². The number of nitrogens with zero attached hydrogens (tertiary/aromatic N) is 2. The Morgan fingerprint density at radius 2 is 1.95 bits per heavy atom. The molecule has 0 amide bonds. The van der Waals surface area contributed by atoms with Gasteiger partial charge in [-0.15, -0.1) is 0 Å². The van der Waals surface area contributed by atoms with Crippen LogP contribution in [0, 0.1) is 0 Å². The molecular weight excluding hydrogens is 242 g/mol. The summed E-state index contributed by atoms with van der Waals surface area (Å²) in [5.74, 6) is 1.53. The molecule has 0 radical (unpaired) electrons. The number of aromatic nitrogens is 2. The van der Waals surface area contributed by atoms with E-state index in [0.29, 0.717) is 26.3 Å². The number of benzene rings is 1. The zero-order chi connectivity index (χ0) is 13.5. The Hall–Kier alpha value is -2.01. The molecule has 0 atom stereocenters. The molecule has 19 heavy (non-hydrogen) atoms. The van der Waals surface area contributed by atoms with Crippen LogP contribution < -0.4 is 15.2 Å². The minimum Gasteiger partial charge on any atom is -0.490 e. The lowest BCUT2D eigenvalue weighted by molar-refractivity contribution is 0.262. The van der Waals surface area contributed by atoms with E-state index in [9.17, 15) is 0 Å². The fourth-order valence-corrected chi connectivity index (χ4v) is 1.73. The molecule has 0 saturated heterocycles. The lowest BCUT2D eigenvalue weighted by Gasteiger charge is -2.11. The van der Waals surface area contributed by atoms with Crippen LogP contribution in [0.15, 0.2) is 36.7 Å². The zero-order valence-corrected chi connectivity index (χ0v) is 11.1.